The van der Waals surface area contributed by atoms with Gasteiger partial charge in [-0.1, -0.05) is 0 Å². The molecule has 1 aromatic carbocycles. The quantitative estimate of drug-likeness (QED) is 0.897. The topological polar surface area (TPSA) is 59.4 Å². The van der Waals surface area contributed by atoms with Gasteiger partial charge in [0.15, 0.2) is 0 Å². The van der Waals surface area contributed by atoms with Gasteiger partial charge in [-0.25, -0.2) is 0 Å². The number of benzene rings is 1. The molecule has 0 saturated carbocycles. The zero-order chi connectivity index (χ0) is 17.6. The van der Waals surface area contributed by atoms with E-state index in [1.807, 2.05) is 6.92 Å². The Morgan fingerprint density at radius 1 is 1.24 bits per heavy atom. The van der Waals surface area contributed by atoms with Crippen LogP contribution in [0.15, 0.2) is 41.1 Å². The number of carbonyl (C=O) groups excluding carboxylic acids is 1. The van der Waals surface area contributed by atoms with E-state index in [1.165, 1.54) is 5.56 Å². The van der Waals surface area contributed by atoms with Gasteiger partial charge < -0.3 is 5.32 Å². The van der Waals surface area contributed by atoms with E-state index in [-0.39, 0.29) is 11.9 Å². The number of rotatable bonds is 5. The maximum absolute atomic E-state index is 12.5. The SMILES string of the molecule is C[C@@H](C(=O)Nc1ccc(C#N)cc1)N1CCN(Cc2ccsc2)CC1. The number of amides is 1. The molecule has 1 aromatic heterocycles. The summed E-state index contributed by atoms with van der Waals surface area (Å²) in [5.74, 6) is -0.00371. The Labute approximate surface area is 152 Å². The molecule has 1 N–H and O–H groups in total. The standard InChI is InChI=1S/C19H22N4OS/c1-15(19(24)21-18-4-2-16(12-20)3-5-18)23-9-7-22(8-10-23)13-17-6-11-25-14-17/h2-6,11,14-15H,7-10,13H2,1H3,(H,21,24)/t15-/m0/s1. The minimum absolute atomic E-state index is 0.00371. The van der Waals surface area contributed by atoms with Crippen LogP contribution in [-0.2, 0) is 11.3 Å². The minimum Gasteiger partial charge on any atom is -0.325 e. The fourth-order valence-corrected chi connectivity index (χ4v) is 3.65. The summed E-state index contributed by atoms with van der Waals surface area (Å²) in [6.45, 7) is 6.68. The van der Waals surface area contributed by atoms with E-state index in [2.05, 4.69) is 38.0 Å². The van der Waals surface area contributed by atoms with Crippen molar-refractivity contribution in [2.75, 3.05) is 31.5 Å². The Balaban J connectivity index is 1.48. The van der Waals surface area contributed by atoms with Crippen LogP contribution in [0.1, 0.15) is 18.1 Å². The number of anilines is 1. The Morgan fingerprint density at radius 3 is 2.56 bits per heavy atom. The number of piperazine rings is 1. The number of nitrogens with zero attached hydrogens (tertiary/aromatic N) is 3. The fourth-order valence-electron chi connectivity index (χ4n) is 2.99. The maximum Gasteiger partial charge on any atom is 0.241 e. The van der Waals surface area contributed by atoms with Crippen LogP contribution in [0.3, 0.4) is 0 Å². The van der Waals surface area contributed by atoms with E-state index >= 15 is 0 Å². The van der Waals surface area contributed by atoms with Crippen LogP contribution >= 0.6 is 11.3 Å². The molecule has 0 unspecified atom stereocenters. The average molecular weight is 354 g/mol. The molecule has 0 bridgehead atoms. The normalized spacial score (nSPS) is 17.0. The Bertz CT molecular complexity index is 728. The summed E-state index contributed by atoms with van der Waals surface area (Å²) in [7, 11) is 0. The van der Waals surface area contributed by atoms with Crippen molar-refractivity contribution < 1.29 is 4.79 Å². The highest BCUT2D eigenvalue weighted by Gasteiger charge is 2.25. The van der Waals surface area contributed by atoms with Crippen molar-refractivity contribution in [3.05, 3.63) is 52.2 Å². The first-order chi connectivity index (χ1) is 12.2. The van der Waals surface area contributed by atoms with E-state index in [4.69, 9.17) is 5.26 Å². The number of carbonyl (C=O) groups is 1. The number of nitriles is 1. The maximum atomic E-state index is 12.5. The van der Waals surface area contributed by atoms with Crippen LogP contribution < -0.4 is 5.32 Å². The van der Waals surface area contributed by atoms with Crippen molar-refractivity contribution in [2.24, 2.45) is 0 Å². The highest BCUT2D eigenvalue weighted by atomic mass is 32.1. The Kier molecular flexibility index (Phi) is 5.82. The van der Waals surface area contributed by atoms with Gasteiger partial charge in [0, 0.05) is 38.4 Å². The van der Waals surface area contributed by atoms with Crippen LogP contribution in [0, 0.1) is 11.3 Å². The second kappa shape index (κ2) is 8.26. The highest BCUT2D eigenvalue weighted by Crippen LogP contribution is 2.14. The monoisotopic (exact) mass is 354 g/mol. The number of thiophene rings is 1. The second-order valence-electron chi connectivity index (χ2n) is 6.30. The molecule has 1 aliphatic rings. The predicted octanol–water partition coefficient (Wildman–Crippen LogP) is 2.76. The molecule has 1 fully saturated rings. The lowest BCUT2D eigenvalue weighted by atomic mass is 10.2. The molecule has 1 atom stereocenters. The minimum atomic E-state index is -0.168. The summed E-state index contributed by atoms with van der Waals surface area (Å²) in [5, 5.41) is 16.1. The van der Waals surface area contributed by atoms with Gasteiger partial charge in [0.1, 0.15) is 0 Å². The third-order valence-electron chi connectivity index (χ3n) is 4.60. The number of hydrogen-bond acceptors (Lipinski definition) is 5. The summed E-state index contributed by atoms with van der Waals surface area (Å²) < 4.78 is 0. The summed E-state index contributed by atoms with van der Waals surface area (Å²) in [6.07, 6.45) is 0. The van der Waals surface area contributed by atoms with Gasteiger partial charge in [-0.15, -0.1) is 0 Å². The lowest BCUT2D eigenvalue weighted by Crippen LogP contribution is -2.52. The third-order valence-corrected chi connectivity index (χ3v) is 5.33. The molecule has 3 rings (SSSR count). The second-order valence-corrected chi connectivity index (χ2v) is 7.08. The largest absolute Gasteiger partial charge is 0.325 e. The van der Waals surface area contributed by atoms with E-state index in [0.29, 0.717) is 5.56 Å². The summed E-state index contributed by atoms with van der Waals surface area (Å²) in [6, 6.07) is 11.0. The third kappa shape index (κ3) is 4.67. The van der Waals surface area contributed by atoms with Crippen molar-refractivity contribution in [1.29, 1.82) is 5.26 Å². The molecule has 0 spiro atoms. The molecule has 0 aliphatic carbocycles. The Hall–Kier alpha value is -2.20. The zero-order valence-electron chi connectivity index (χ0n) is 14.3. The molecule has 6 heteroatoms. The molecule has 25 heavy (non-hydrogen) atoms. The summed E-state index contributed by atoms with van der Waals surface area (Å²) in [5.41, 5.74) is 2.68. The molecule has 130 valence electrons. The Morgan fingerprint density at radius 2 is 1.96 bits per heavy atom. The van der Waals surface area contributed by atoms with Crippen LogP contribution in [-0.4, -0.2) is 47.9 Å². The molecule has 2 heterocycles. The van der Waals surface area contributed by atoms with Gasteiger partial charge in [-0.3, -0.25) is 14.6 Å². The zero-order valence-corrected chi connectivity index (χ0v) is 15.1. The number of hydrogen-bond donors (Lipinski definition) is 1. The van der Waals surface area contributed by atoms with Crippen LogP contribution in [0.5, 0.6) is 0 Å². The molecular formula is C19H22N4OS. The van der Waals surface area contributed by atoms with Gasteiger partial charge >= 0.3 is 0 Å². The van der Waals surface area contributed by atoms with Crippen LogP contribution in [0.25, 0.3) is 0 Å². The average Bonchev–Trinajstić information content (AvgIpc) is 3.15. The molecule has 1 aliphatic heterocycles. The van der Waals surface area contributed by atoms with E-state index in [1.54, 1.807) is 35.6 Å². The number of nitrogens with one attached hydrogen (secondary N) is 1. The van der Waals surface area contributed by atoms with Gasteiger partial charge in [0.2, 0.25) is 5.91 Å². The lowest BCUT2D eigenvalue weighted by Gasteiger charge is -2.37. The van der Waals surface area contributed by atoms with Crippen molar-refractivity contribution >= 4 is 22.9 Å². The predicted molar refractivity (Wildman–Crippen MR) is 100 cm³/mol. The summed E-state index contributed by atoms with van der Waals surface area (Å²) >= 11 is 1.73. The van der Waals surface area contributed by atoms with Gasteiger partial charge in [0.05, 0.1) is 17.7 Å². The first-order valence-electron chi connectivity index (χ1n) is 8.44. The molecule has 1 amide bonds. The molecule has 2 aromatic rings. The van der Waals surface area contributed by atoms with E-state index in [9.17, 15) is 4.79 Å². The van der Waals surface area contributed by atoms with Gasteiger partial charge in [0.25, 0.3) is 0 Å². The molecule has 5 nitrogen and oxygen atoms in total. The van der Waals surface area contributed by atoms with Crippen LogP contribution in [0.4, 0.5) is 5.69 Å². The molecular weight excluding hydrogens is 332 g/mol. The highest BCUT2D eigenvalue weighted by molar-refractivity contribution is 7.07. The van der Waals surface area contributed by atoms with E-state index < -0.39 is 0 Å². The van der Waals surface area contributed by atoms with E-state index in [0.717, 1.165) is 38.4 Å². The fraction of sp³-hybridized carbons (Fsp3) is 0.368. The molecule has 0 radical (unpaired) electrons. The van der Waals surface area contributed by atoms with Crippen molar-refractivity contribution in [2.45, 2.75) is 19.5 Å². The first kappa shape index (κ1) is 17.6. The van der Waals surface area contributed by atoms with Crippen LogP contribution in [0.2, 0.25) is 0 Å². The summed E-state index contributed by atoms with van der Waals surface area (Å²) in [4.78, 5) is 17.1. The van der Waals surface area contributed by atoms with Crippen molar-refractivity contribution in [1.82, 2.24) is 9.80 Å². The lowest BCUT2D eigenvalue weighted by molar-refractivity contribution is -0.121. The van der Waals surface area contributed by atoms with Gasteiger partial charge in [-0.2, -0.15) is 16.6 Å². The van der Waals surface area contributed by atoms with Gasteiger partial charge in [-0.05, 0) is 53.6 Å². The smallest absolute Gasteiger partial charge is 0.241 e. The molecule has 1 saturated heterocycles. The first-order valence-corrected chi connectivity index (χ1v) is 9.38. The van der Waals surface area contributed by atoms with Crippen molar-refractivity contribution in [3.8, 4) is 6.07 Å². The van der Waals surface area contributed by atoms with Crippen molar-refractivity contribution in [3.63, 3.8) is 0 Å².